The van der Waals surface area contributed by atoms with Crippen LogP contribution in [0.25, 0.3) is 0 Å². The van der Waals surface area contributed by atoms with Gasteiger partial charge < -0.3 is 24.6 Å². The first-order chi connectivity index (χ1) is 23.3. The van der Waals surface area contributed by atoms with Crippen LogP contribution < -0.4 is 14.8 Å². The van der Waals surface area contributed by atoms with Crippen LogP contribution in [0.3, 0.4) is 0 Å². The summed E-state index contributed by atoms with van der Waals surface area (Å²) in [6, 6.07) is 32.7. The molecule has 9 nitrogen and oxygen atoms in total. The van der Waals surface area contributed by atoms with Gasteiger partial charge in [0.05, 0.1) is 24.4 Å². The number of hydrogen-bond acceptors (Lipinski definition) is 8. The number of aliphatic imine (C=N–C) groups is 1. The molecule has 2 atom stereocenters. The van der Waals surface area contributed by atoms with Crippen LogP contribution in [0.5, 0.6) is 11.5 Å². The van der Waals surface area contributed by atoms with E-state index in [1.807, 2.05) is 24.3 Å². The highest BCUT2D eigenvalue weighted by Crippen LogP contribution is 2.44. The molecule has 0 spiro atoms. The molecular weight excluding hydrogens is 628 g/mol. The summed E-state index contributed by atoms with van der Waals surface area (Å²) in [6.07, 6.45) is 1.95. The Morgan fingerprint density at radius 3 is 2.33 bits per heavy atom. The van der Waals surface area contributed by atoms with E-state index in [2.05, 4.69) is 17.4 Å². The number of ether oxygens (including phenoxy) is 3. The van der Waals surface area contributed by atoms with Gasteiger partial charge in [0, 0.05) is 31.6 Å². The van der Waals surface area contributed by atoms with Crippen molar-refractivity contribution in [1.29, 1.82) is 0 Å². The number of carbonyl (C=O) groups excluding carboxylic acids is 1. The number of aliphatic hydroxyl groups is 1. The minimum atomic E-state index is -3.76. The SMILES string of the molecule is COc1cccc([C@H]2OC(c3ccc(OCCCO)cc3)=N[C@@]2(CCS(=O)(=O)c2ccccc2)C(=O)NCCCCc2ccccc2)c1. The van der Waals surface area contributed by atoms with Crippen molar-refractivity contribution in [3.05, 3.63) is 126 Å². The molecule has 0 unspecified atom stereocenters. The van der Waals surface area contributed by atoms with Crippen LogP contribution in [0.2, 0.25) is 0 Å². The van der Waals surface area contributed by atoms with Gasteiger partial charge in [0.2, 0.25) is 5.90 Å². The third kappa shape index (κ3) is 8.62. The Morgan fingerprint density at radius 1 is 0.896 bits per heavy atom. The number of nitrogens with one attached hydrogen (secondary N) is 1. The van der Waals surface area contributed by atoms with E-state index in [4.69, 9.17) is 24.3 Å². The summed E-state index contributed by atoms with van der Waals surface area (Å²) in [6.45, 7) is 0.801. The molecule has 4 aromatic rings. The fraction of sp³-hybridized carbons (Fsp3) is 0.316. The average Bonchev–Trinajstić information content (AvgIpc) is 3.53. The predicted molar refractivity (Wildman–Crippen MR) is 185 cm³/mol. The first-order valence-corrected chi connectivity index (χ1v) is 17.8. The predicted octanol–water partition coefficient (Wildman–Crippen LogP) is 5.72. The van der Waals surface area contributed by atoms with Crippen LogP contribution in [0, 0.1) is 0 Å². The molecule has 1 amide bonds. The molecule has 0 radical (unpaired) electrons. The van der Waals surface area contributed by atoms with Crippen LogP contribution in [0.1, 0.15) is 48.5 Å². The molecule has 1 aliphatic heterocycles. The van der Waals surface area contributed by atoms with Gasteiger partial charge in [-0.1, -0.05) is 60.7 Å². The van der Waals surface area contributed by atoms with Crippen LogP contribution in [0.4, 0.5) is 0 Å². The molecular formula is C38H42N2O7S. The van der Waals surface area contributed by atoms with Gasteiger partial charge >= 0.3 is 0 Å². The lowest BCUT2D eigenvalue weighted by atomic mass is 9.85. The second kappa shape index (κ2) is 16.4. The number of amides is 1. The lowest BCUT2D eigenvalue weighted by Gasteiger charge is -2.30. The van der Waals surface area contributed by atoms with Gasteiger partial charge in [0.1, 0.15) is 11.5 Å². The first-order valence-electron chi connectivity index (χ1n) is 16.2. The Labute approximate surface area is 282 Å². The highest BCUT2D eigenvalue weighted by Gasteiger charge is 2.53. The molecule has 10 heteroatoms. The van der Waals surface area contributed by atoms with Crippen molar-refractivity contribution in [2.24, 2.45) is 4.99 Å². The van der Waals surface area contributed by atoms with Crippen LogP contribution in [-0.2, 0) is 25.8 Å². The Hall–Kier alpha value is -4.67. The standard InChI is InChI=1S/C38H42N2O7S/c1-45-33-16-10-15-31(28-33)35-38(23-27-48(43,44)34-17-6-3-7-18-34,37(42)39-24-9-8-14-29-12-4-2-5-13-29)40-36(47-35)30-19-21-32(22-20-30)46-26-11-25-41/h2-7,10,12-13,15-22,28,35,41H,8-9,11,14,23-27H2,1H3,(H,39,42)/t35-,38-/m1/s1. The maximum absolute atomic E-state index is 14.4. The number of nitrogens with zero attached hydrogens (tertiary/aromatic N) is 1. The lowest BCUT2D eigenvalue weighted by molar-refractivity contribution is -0.129. The van der Waals surface area contributed by atoms with E-state index < -0.39 is 27.4 Å². The van der Waals surface area contributed by atoms with Crippen LogP contribution in [0.15, 0.2) is 119 Å². The van der Waals surface area contributed by atoms with Gasteiger partial charge in [-0.05, 0) is 78.9 Å². The molecule has 1 aliphatic rings. The molecule has 1 heterocycles. The number of hydrogen-bond donors (Lipinski definition) is 2. The van der Waals surface area contributed by atoms with Gasteiger partial charge in [-0.15, -0.1) is 0 Å². The van der Waals surface area contributed by atoms with E-state index in [9.17, 15) is 13.2 Å². The molecule has 0 saturated heterocycles. The lowest BCUT2D eigenvalue weighted by Crippen LogP contribution is -2.49. The van der Waals surface area contributed by atoms with Crippen molar-refractivity contribution >= 4 is 21.6 Å². The molecule has 0 aromatic heterocycles. The molecule has 252 valence electrons. The Kier molecular flexibility index (Phi) is 11.9. The van der Waals surface area contributed by atoms with E-state index in [0.29, 0.717) is 42.2 Å². The summed E-state index contributed by atoms with van der Waals surface area (Å²) in [7, 11) is -2.20. The number of sulfone groups is 1. The van der Waals surface area contributed by atoms with Crippen molar-refractivity contribution < 1.29 is 32.5 Å². The highest BCUT2D eigenvalue weighted by atomic mass is 32.2. The number of carbonyl (C=O) groups is 1. The smallest absolute Gasteiger partial charge is 0.252 e. The van der Waals surface area contributed by atoms with Gasteiger partial charge in [-0.2, -0.15) is 0 Å². The molecule has 5 rings (SSSR count). The Morgan fingerprint density at radius 2 is 1.62 bits per heavy atom. The number of methoxy groups -OCH3 is 1. The molecule has 0 aliphatic carbocycles. The summed E-state index contributed by atoms with van der Waals surface area (Å²) < 4.78 is 44.8. The van der Waals surface area contributed by atoms with Crippen molar-refractivity contribution in [2.75, 3.05) is 32.6 Å². The van der Waals surface area contributed by atoms with Crippen molar-refractivity contribution in [3.63, 3.8) is 0 Å². The van der Waals surface area contributed by atoms with Gasteiger partial charge in [-0.25, -0.2) is 13.4 Å². The van der Waals surface area contributed by atoms with Crippen LogP contribution in [-0.4, -0.2) is 63.5 Å². The summed E-state index contributed by atoms with van der Waals surface area (Å²) in [5.74, 6) is 0.680. The topological polar surface area (TPSA) is 124 Å². The van der Waals surface area contributed by atoms with E-state index in [1.54, 1.807) is 79.9 Å². The van der Waals surface area contributed by atoms with Gasteiger partial charge in [-0.3, -0.25) is 4.79 Å². The number of aliphatic hydroxyl groups excluding tert-OH is 1. The zero-order chi connectivity index (χ0) is 33.8. The molecule has 2 N–H and O–H groups in total. The Bertz CT molecular complexity index is 1760. The summed E-state index contributed by atoms with van der Waals surface area (Å²) in [5, 5.41) is 12.1. The van der Waals surface area contributed by atoms with Crippen molar-refractivity contribution in [1.82, 2.24) is 5.32 Å². The van der Waals surface area contributed by atoms with Crippen molar-refractivity contribution in [2.45, 2.75) is 48.6 Å². The third-order valence-electron chi connectivity index (χ3n) is 8.30. The number of benzene rings is 4. The van der Waals surface area contributed by atoms with E-state index in [0.717, 1.165) is 19.3 Å². The number of unbranched alkanes of at least 4 members (excludes halogenated alkanes) is 1. The largest absolute Gasteiger partial charge is 0.497 e. The Balaban J connectivity index is 1.47. The first kappa shape index (κ1) is 34.7. The van der Waals surface area contributed by atoms with Gasteiger partial charge in [0.25, 0.3) is 5.91 Å². The molecule has 0 fully saturated rings. The summed E-state index contributed by atoms with van der Waals surface area (Å²) >= 11 is 0. The maximum Gasteiger partial charge on any atom is 0.252 e. The van der Waals surface area contributed by atoms with E-state index in [-0.39, 0.29) is 29.6 Å². The van der Waals surface area contributed by atoms with Gasteiger partial charge in [0.15, 0.2) is 21.5 Å². The molecule has 0 saturated carbocycles. The second-order valence-electron chi connectivity index (χ2n) is 11.6. The molecule has 4 aromatic carbocycles. The van der Waals surface area contributed by atoms with E-state index >= 15 is 0 Å². The minimum Gasteiger partial charge on any atom is -0.497 e. The highest BCUT2D eigenvalue weighted by molar-refractivity contribution is 7.91. The van der Waals surface area contributed by atoms with Crippen molar-refractivity contribution in [3.8, 4) is 11.5 Å². The fourth-order valence-corrected chi connectivity index (χ4v) is 7.05. The monoisotopic (exact) mass is 670 g/mol. The second-order valence-corrected chi connectivity index (χ2v) is 13.8. The summed E-state index contributed by atoms with van der Waals surface area (Å²) in [5.41, 5.74) is 0.876. The maximum atomic E-state index is 14.4. The zero-order valence-corrected chi connectivity index (χ0v) is 27.9. The third-order valence-corrected chi connectivity index (χ3v) is 10.0. The summed E-state index contributed by atoms with van der Waals surface area (Å²) in [4.78, 5) is 19.5. The average molecular weight is 671 g/mol. The fourth-order valence-electron chi connectivity index (χ4n) is 5.66. The molecule has 48 heavy (non-hydrogen) atoms. The molecule has 0 bridgehead atoms. The quantitative estimate of drug-likeness (QED) is 0.138. The van der Waals surface area contributed by atoms with E-state index in [1.165, 1.54) is 5.56 Å². The number of aryl methyl sites for hydroxylation is 1. The van der Waals surface area contributed by atoms with Crippen LogP contribution >= 0.6 is 0 Å². The normalized spacial score (nSPS) is 17.3. The number of rotatable bonds is 17. The zero-order valence-electron chi connectivity index (χ0n) is 27.1. The minimum absolute atomic E-state index is 0.0333.